The first-order chi connectivity index (χ1) is 15.5. The summed E-state index contributed by atoms with van der Waals surface area (Å²) in [6.07, 6.45) is 0. The van der Waals surface area contributed by atoms with E-state index >= 15 is 0 Å². The molecule has 0 spiro atoms. The zero-order valence-corrected chi connectivity index (χ0v) is 20.1. The average molecular weight is 472 g/mol. The molecule has 0 aromatic heterocycles. The molecule has 0 saturated carbocycles. The summed E-state index contributed by atoms with van der Waals surface area (Å²) in [7, 11) is -4.14. The van der Waals surface area contributed by atoms with Gasteiger partial charge in [-0.2, -0.15) is 0 Å². The summed E-state index contributed by atoms with van der Waals surface area (Å²) in [4.78, 5) is 40.1. The van der Waals surface area contributed by atoms with Crippen molar-refractivity contribution >= 4 is 27.7 Å². The van der Waals surface area contributed by atoms with Crippen LogP contribution in [0.25, 0.3) is 0 Å². The molecule has 1 heterocycles. The lowest BCUT2D eigenvalue weighted by Gasteiger charge is -2.30. The van der Waals surface area contributed by atoms with E-state index < -0.39 is 34.4 Å². The lowest BCUT2D eigenvalue weighted by Crippen LogP contribution is -2.51. The fraction of sp³-hybridized carbons (Fsp3) is 0.375. The largest absolute Gasteiger partial charge is 0.354 e. The Kier molecular flexibility index (Phi) is 7.22. The molecule has 1 N–H and O–H groups in total. The summed E-state index contributed by atoms with van der Waals surface area (Å²) in [6.45, 7) is 7.31. The number of amides is 3. The third-order valence-corrected chi connectivity index (χ3v) is 7.27. The minimum atomic E-state index is -4.14. The van der Waals surface area contributed by atoms with Gasteiger partial charge in [0.2, 0.25) is 11.8 Å². The van der Waals surface area contributed by atoms with Crippen LogP contribution in [-0.4, -0.2) is 54.5 Å². The molecule has 2 aromatic rings. The highest BCUT2D eigenvalue weighted by Gasteiger charge is 2.43. The van der Waals surface area contributed by atoms with Crippen LogP contribution < -0.4 is 5.32 Å². The molecular weight excluding hydrogens is 442 g/mol. The maximum Gasteiger partial charge on any atom is 0.269 e. The highest BCUT2D eigenvalue weighted by molar-refractivity contribution is 7.90. The first kappa shape index (κ1) is 24.4. The molecule has 3 rings (SSSR count). The van der Waals surface area contributed by atoms with E-state index in [1.54, 1.807) is 13.0 Å². The molecular formula is C24H29N3O5S. The predicted octanol–water partition coefficient (Wildman–Crippen LogP) is 2.33. The van der Waals surface area contributed by atoms with Gasteiger partial charge in [0, 0.05) is 13.1 Å². The SMILES string of the molecule is Cc1cccc(CN(C(=O)CN2C(=O)c3ccccc3S2(=O)=O)[C@H](C)C(=O)NCC(C)C)c1. The summed E-state index contributed by atoms with van der Waals surface area (Å²) in [5, 5.41) is 2.82. The van der Waals surface area contributed by atoms with Crippen molar-refractivity contribution in [2.45, 2.75) is 45.2 Å². The quantitative estimate of drug-likeness (QED) is 0.636. The number of carbonyl (C=O) groups excluding carboxylic acids is 3. The molecule has 0 fully saturated rings. The number of sulfonamides is 1. The molecule has 0 bridgehead atoms. The van der Waals surface area contributed by atoms with Crippen LogP contribution in [0.4, 0.5) is 0 Å². The molecule has 33 heavy (non-hydrogen) atoms. The second-order valence-electron chi connectivity index (χ2n) is 8.64. The van der Waals surface area contributed by atoms with Gasteiger partial charge in [-0.1, -0.05) is 55.8 Å². The van der Waals surface area contributed by atoms with Gasteiger partial charge < -0.3 is 10.2 Å². The Morgan fingerprint density at radius 2 is 1.76 bits per heavy atom. The van der Waals surface area contributed by atoms with Gasteiger partial charge in [-0.05, 0) is 37.5 Å². The molecule has 9 heteroatoms. The maximum atomic E-state index is 13.3. The molecule has 176 valence electrons. The zero-order valence-electron chi connectivity index (χ0n) is 19.2. The lowest BCUT2D eigenvalue weighted by atomic mass is 10.1. The molecule has 0 aliphatic carbocycles. The molecule has 8 nitrogen and oxygen atoms in total. The van der Waals surface area contributed by atoms with Crippen molar-refractivity contribution in [3.05, 3.63) is 65.2 Å². The third kappa shape index (κ3) is 5.24. The molecule has 0 saturated heterocycles. The third-order valence-electron chi connectivity index (χ3n) is 5.48. The molecule has 0 unspecified atom stereocenters. The van der Waals surface area contributed by atoms with Gasteiger partial charge in [-0.25, -0.2) is 12.7 Å². The second-order valence-corrected chi connectivity index (χ2v) is 10.5. The molecule has 2 aromatic carbocycles. The minimum Gasteiger partial charge on any atom is -0.354 e. The van der Waals surface area contributed by atoms with Crippen LogP contribution >= 0.6 is 0 Å². The fourth-order valence-corrected chi connectivity index (χ4v) is 5.16. The fourth-order valence-electron chi connectivity index (χ4n) is 3.64. The normalized spacial score (nSPS) is 15.3. The van der Waals surface area contributed by atoms with E-state index in [1.165, 1.54) is 23.1 Å². The van der Waals surface area contributed by atoms with Crippen LogP contribution in [0.5, 0.6) is 0 Å². The van der Waals surface area contributed by atoms with Gasteiger partial charge in [0.1, 0.15) is 17.5 Å². The van der Waals surface area contributed by atoms with Crippen molar-refractivity contribution in [2.24, 2.45) is 5.92 Å². The molecule has 1 aliphatic rings. The van der Waals surface area contributed by atoms with Gasteiger partial charge in [0.25, 0.3) is 15.9 Å². The topological polar surface area (TPSA) is 104 Å². The Morgan fingerprint density at radius 1 is 1.06 bits per heavy atom. The zero-order chi connectivity index (χ0) is 24.3. The number of aryl methyl sites for hydroxylation is 1. The van der Waals surface area contributed by atoms with E-state index in [0.29, 0.717) is 10.8 Å². The number of carbonyl (C=O) groups is 3. The minimum absolute atomic E-state index is 0.0401. The van der Waals surface area contributed by atoms with Crippen molar-refractivity contribution < 1.29 is 22.8 Å². The Labute approximate surface area is 194 Å². The monoisotopic (exact) mass is 471 g/mol. The smallest absolute Gasteiger partial charge is 0.269 e. The molecule has 3 amide bonds. The van der Waals surface area contributed by atoms with Crippen LogP contribution in [0, 0.1) is 12.8 Å². The number of hydrogen-bond donors (Lipinski definition) is 1. The number of benzene rings is 2. The van der Waals surface area contributed by atoms with E-state index in [2.05, 4.69) is 5.32 Å². The summed E-state index contributed by atoms with van der Waals surface area (Å²) in [5.74, 6) is -1.49. The van der Waals surface area contributed by atoms with Gasteiger partial charge in [0.15, 0.2) is 0 Å². The van der Waals surface area contributed by atoms with Crippen LogP contribution in [0.2, 0.25) is 0 Å². The summed E-state index contributed by atoms with van der Waals surface area (Å²) >= 11 is 0. The Morgan fingerprint density at radius 3 is 2.39 bits per heavy atom. The summed E-state index contributed by atoms with van der Waals surface area (Å²) < 4.78 is 26.4. The van der Waals surface area contributed by atoms with Crippen LogP contribution in [0.3, 0.4) is 0 Å². The van der Waals surface area contributed by atoms with E-state index in [4.69, 9.17) is 0 Å². The van der Waals surface area contributed by atoms with E-state index in [1.807, 2.05) is 45.0 Å². The Hall–Kier alpha value is -3.20. The van der Waals surface area contributed by atoms with Gasteiger partial charge >= 0.3 is 0 Å². The Bertz CT molecular complexity index is 1180. The number of rotatable bonds is 8. The van der Waals surface area contributed by atoms with Crippen molar-refractivity contribution in [1.29, 1.82) is 0 Å². The molecule has 1 atom stereocenters. The van der Waals surface area contributed by atoms with Crippen LogP contribution in [0.1, 0.15) is 42.3 Å². The van der Waals surface area contributed by atoms with Crippen molar-refractivity contribution in [3.63, 3.8) is 0 Å². The van der Waals surface area contributed by atoms with Crippen LogP contribution in [-0.2, 0) is 26.2 Å². The summed E-state index contributed by atoms with van der Waals surface area (Å²) in [6, 6.07) is 12.5. The van der Waals surface area contributed by atoms with E-state index in [0.717, 1.165) is 11.1 Å². The summed E-state index contributed by atoms with van der Waals surface area (Å²) in [5.41, 5.74) is 1.83. The first-order valence-corrected chi connectivity index (χ1v) is 12.2. The number of nitrogens with one attached hydrogen (secondary N) is 1. The van der Waals surface area contributed by atoms with Gasteiger partial charge in [-0.3, -0.25) is 14.4 Å². The number of hydrogen-bond acceptors (Lipinski definition) is 5. The highest BCUT2D eigenvalue weighted by atomic mass is 32.2. The van der Waals surface area contributed by atoms with Crippen molar-refractivity contribution in [2.75, 3.05) is 13.1 Å². The van der Waals surface area contributed by atoms with E-state index in [9.17, 15) is 22.8 Å². The number of nitrogens with zero attached hydrogens (tertiary/aromatic N) is 2. The van der Waals surface area contributed by atoms with E-state index in [-0.39, 0.29) is 28.8 Å². The van der Waals surface area contributed by atoms with Gasteiger partial charge in [0.05, 0.1) is 5.56 Å². The first-order valence-electron chi connectivity index (χ1n) is 10.8. The lowest BCUT2D eigenvalue weighted by molar-refractivity contribution is -0.140. The van der Waals surface area contributed by atoms with Crippen LogP contribution in [0.15, 0.2) is 53.4 Å². The molecule has 0 radical (unpaired) electrons. The average Bonchev–Trinajstić information content (AvgIpc) is 2.96. The molecule has 1 aliphatic heterocycles. The standard InChI is InChI=1S/C24H29N3O5S/c1-16(2)13-25-23(29)18(4)26(14-19-9-7-8-17(3)12-19)22(28)15-27-24(30)20-10-5-6-11-21(20)33(27,31)32/h5-12,16,18H,13-15H2,1-4H3,(H,25,29)/t18-/m1/s1. The van der Waals surface area contributed by atoms with Crippen molar-refractivity contribution in [1.82, 2.24) is 14.5 Å². The second kappa shape index (κ2) is 9.74. The predicted molar refractivity (Wildman–Crippen MR) is 124 cm³/mol. The maximum absolute atomic E-state index is 13.3. The van der Waals surface area contributed by atoms with Gasteiger partial charge in [-0.15, -0.1) is 0 Å². The highest BCUT2D eigenvalue weighted by Crippen LogP contribution is 2.30. The number of fused-ring (bicyclic) bond motifs is 1. The Balaban J connectivity index is 1.87. The van der Waals surface area contributed by atoms with Crippen molar-refractivity contribution in [3.8, 4) is 0 Å².